The highest BCUT2D eigenvalue weighted by atomic mass is 16.8. The zero-order chi connectivity index (χ0) is 24.5. The standard InChI is InChI=1S/C25H31NO9/c1-10(2)23-18(34-23)19-24(35-19)15-6-5-12-14(9-31-21(12)29)13(15)7-16-25(24,33-16)22(23)32-17(27)8-26-11(3)20(28)30-4/h10-11,13,15-16,18-19,22,26H,5-9H2,1-4H3/t11-,13-,15-,16-,18-,19-,22+,23-,24-,25+/m0/s1. The van der Waals surface area contributed by atoms with Gasteiger partial charge < -0.3 is 28.4 Å². The molecule has 0 radical (unpaired) electrons. The molecule has 3 saturated heterocycles. The van der Waals surface area contributed by atoms with Crippen molar-refractivity contribution < 1.29 is 42.8 Å². The van der Waals surface area contributed by atoms with Crippen LogP contribution >= 0.6 is 0 Å². The number of methoxy groups -OCH3 is 1. The summed E-state index contributed by atoms with van der Waals surface area (Å²) in [7, 11) is 1.31. The quantitative estimate of drug-likeness (QED) is 0.318. The molecule has 1 N–H and O–H groups in total. The van der Waals surface area contributed by atoms with E-state index in [2.05, 4.69) is 19.2 Å². The Kier molecular flexibility index (Phi) is 4.34. The summed E-state index contributed by atoms with van der Waals surface area (Å²) in [6.07, 6.45) is 1.23. The minimum absolute atomic E-state index is 0.0907. The van der Waals surface area contributed by atoms with Gasteiger partial charge in [0.25, 0.3) is 0 Å². The van der Waals surface area contributed by atoms with Gasteiger partial charge in [-0.15, -0.1) is 0 Å². The average Bonchev–Trinajstić information content (AvgIpc) is 3.75. The van der Waals surface area contributed by atoms with E-state index in [1.54, 1.807) is 6.92 Å². The van der Waals surface area contributed by atoms with Crippen molar-refractivity contribution in [3.63, 3.8) is 0 Å². The third-order valence-corrected chi connectivity index (χ3v) is 9.76. The van der Waals surface area contributed by atoms with Gasteiger partial charge in [-0.1, -0.05) is 13.8 Å². The third kappa shape index (κ3) is 2.51. The molecule has 0 aromatic carbocycles. The molecule has 7 rings (SSSR count). The molecular weight excluding hydrogens is 458 g/mol. The SMILES string of the molecule is COC(=O)[C@H](C)NCC(=O)O[C@@H]1[C@@]2(C(C)C)O[C@H]2[C@@H]2O[C@@]23[C@H]2CCC4=C(COC4=O)[C@@H]2C[C@@H]2O[C@]213. The highest BCUT2D eigenvalue weighted by Crippen LogP contribution is 2.80. The number of cyclic esters (lactones) is 1. The maximum absolute atomic E-state index is 13.0. The summed E-state index contributed by atoms with van der Waals surface area (Å²) in [5.74, 6) is -0.689. The van der Waals surface area contributed by atoms with E-state index in [1.807, 2.05) is 0 Å². The van der Waals surface area contributed by atoms with E-state index < -0.39 is 40.9 Å². The normalized spacial score (nSPS) is 48.3. The Morgan fingerprint density at radius 2 is 1.94 bits per heavy atom. The topological polar surface area (TPSA) is 129 Å². The molecule has 0 amide bonds. The molecular formula is C25H31NO9. The molecule has 2 spiro atoms. The Labute approximate surface area is 202 Å². The van der Waals surface area contributed by atoms with Crippen LogP contribution < -0.4 is 5.32 Å². The van der Waals surface area contributed by atoms with Crippen molar-refractivity contribution in [2.45, 2.75) is 87.3 Å². The van der Waals surface area contributed by atoms with Crippen LogP contribution in [0.4, 0.5) is 0 Å². The Morgan fingerprint density at radius 3 is 2.69 bits per heavy atom. The lowest BCUT2D eigenvalue weighted by Gasteiger charge is -2.47. The minimum atomic E-state index is -0.749. The largest absolute Gasteiger partial charge is 0.468 e. The predicted molar refractivity (Wildman–Crippen MR) is 116 cm³/mol. The van der Waals surface area contributed by atoms with Crippen molar-refractivity contribution >= 4 is 17.9 Å². The highest BCUT2D eigenvalue weighted by Gasteiger charge is 2.99. The van der Waals surface area contributed by atoms with Crippen molar-refractivity contribution in [3.8, 4) is 0 Å². The van der Waals surface area contributed by atoms with E-state index in [9.17, 15) is 14.4 Å². The first-order chi connectivity index (χ1) is 16.7. The Balaban J connectivity index is 1.19. The zero-order valence-electron chi connectivity index (χ0n) is 20.3. The fourth-order valence-corrected chi connectivity index (χ4v) is 8.05. The summed E-state index contributed by atoms with van der Waals surface area (Å²) >= 11 is 0. The van der Waals surface area contributed by atoms with Gasteiger partial charge in [-0.05, 0) is 43.6 Å². The van der Waals surface area contributed by atoms with Gasteiger partial charge >= 0.3 is 17.9 Å². The fraction of sp³-hybridized carbons (Fsp3) is 0.800. The molecule has 10 atom stereocenters. The predicted octanol–water partition coefficient (Wildman–Crippen LogP) is 0.415. The maximum Gasteiger partial charge on any atom is 0.334 e. The molecule has 4 heterocycles. The van der Waals surface area contributed by atoms with E-state index in [0.717, 1.165) is 24.0 Å². The van der Waals surface area contributed by atoms with Crippen LogP contribution in [0.2, 0.25) is 0 Å². The number of carbonyl (C=O) groups excluding carboxylic acids is 3. The number of epoxide rings is 3. The first-order valence-corrected chi connectivity index (χ1v) is 12.7. The Bertz CT molecular complexity index is 1070. The van der Waals surface area contributed by atoms with Crippen LogP contribution in [-0.2, 0) is 42.8 Å². The van der Waals surface area contributed by atoms with Crippen molar-refractivity contribution in [1.82, 2.24) is 5.32 Å². The number of hydrogen-bond acceptors (Lipinski definition) is 10. The van der Waals surface area contributed by atoms with Crippen LogP contribution in [-0.4, -0.2) is 85.4 Å². The van der Waals surface area contributed by atoms with Gasteiger partial charge in [0.2, 0.25) is 0 Å². The number of carbonyl (C=O) groups is 3. The van der Waals surface area contributed by atoms with Crippen molar-refractivity contribution in [2.24, 2.45) is 17.8 Å². The summed E-state index contributed by atoms with van der Waals surface area (Å²) in [5.41, 5.74) is -0.0484. The fourth-order valence-electron chi connectivity index (χ4n) is 8.05. The minimum Gasteiger partial charge on any atom is -0.468 e. The van der Waals surface area contributed by atoms with Crippen LogP contribution in [0, 0.1) is 17.8 Å². The van der Waals surface area contributed by atoms with E-state index in [-0.39, 0.29) is 48.6 Å². The van der Waals surface area contributed by atoms with Crippen molar-refractivity contribution in [1.29, 1.82) is 0 Å². The van der Waals surface area contributed by atoms with Crippen LogP contribution in [0.1, 0.15) is 40.0 Å². The van der Waals surface area contributed by atoms with Crippen LogP contribution in [0.25, 0.3) is 0 Å². The molecule has 10 nitrogen and oxygen atoms in total. The number of nitrogens with one attached hydrogen (secondary N) is 1. The molecule has 4 aliphatic heterocycles. The van der Waals surface area contributed by atoms with Crippen molar-refractivity contribution in [3.05, 3.63) is 11.1 Å². The first-order valence-electron chi connectivity index (χ1n) is 12.7. The van der Waals surface area contributed by atoms with Gasteiger partial charge in [0.15, 0.2) is 11.7 Å². The molecule has 2 saturated carbocycles. The molecule has 0 aromatic rings. The second kappa shape index (κ2) is 6.85. The molecule has 3 aliphatic carbocycles. The lowest BCUT2D eigenvalue weighted by atomic mass is 9.53. The van der Waals surface area contributed by atoms with Gasteiger partial charge in [0.1, 0.15) is 36.1 Å². The number of fused-ring (bicyclic) bond motifs is 4. The molecule has 190 valence electrons. The second-order valence-corrected chi connectivity index (χ2v) is 11.3. The van der Waals surface area contributed by atoms with Gasteiger partial charge in [-0.3, -0.25) is 14.9 Å². The highest BCUT2D eigenvalue weighted by molar-refractivity contribution is 5.92. The lowest BCUT2D eigenvalue weighted by molar-refractivity contribution is -0.164. The summed E-state index contributed by atoms with van der Waals surface area (Å²) in [4.78, 5) is 37.0. The zero-order valence-corrected chi connectivity index (χ0v) is 20.3. The molecule has 7 aliphatic rings. The van der Waals surface area contributed by atoms with Gasteiger partial charge in [0, 0.05) is 11.5 Å². The number of rotatable bonds is 6. The number of hydrogen-bond donors (Lipinski definition) is 1. The smallest absolute Gasteiger partial charge is 0.334 e. The lowest BCUT2D eigenvalue weighted by Crippen LogP contribution is -2.67. The summed E-state index contributed by atoms with van der Waals surface area (Å²) in [6, 6.07) is -0.634. The van der Waals surface area contributed by atoms with Gasteiger partial charge in [-0.2, -0.15) is 0 Å². The third-order valence-electron chi connectivity index (χ3n) is 9.76. The Morgan fingerprint density at radius 1 is 1.14 bits per heavy atom. The first kappa shape index (κ1) is 22.2. The average molecular weight is 490 g/mol. The second-order valence-electron chi connectivity index (χ2n) is 11.3. The maximum atomic E-state index is 13.0. The Hall–Kier alpha value is -2.01. The van der Waals surface area contributed by atoms with E-state index in [1.165, 1.54) is 7.11 Å². The van der Waals surface area contributed by atoms with Crippen LogP contribution in [0.5, 0.6) is 0 Å². The van der Waals surface area contributed by atoms with Gasteiger partial charge in [-0.25, -0.2) is 4.79 Å². The van der Waals surface area contributed by atoms with E-state index in [4.69, 9.17) is 28.4 Å². The summed E-state index contributed by atoms with van der Waals surface area (Å²) in [6.45, 7) is 6.01. The van der Waals surface area contributed by atoms with E-state index in [0.29, 0.717) is 13.0 Å². The number of esters is 3. The molecule has 0 bridgehead atoms. The molecule has 35 heavy (non-hydrogen) atoms. The monoisotopic (exact) mass is 489 g/mol. The van der Waals surface area contributed by atoms with E-state index >= 15 is 0 Å². The molecule has 0 aromatic heterocycles. The molecule has 0 unspecified atom stereocenters. The van der Waals surface area contributed by atoms with Crippen LogP contribution in [0.3, 0.4) is 0 Å². The van der Waals surface area contributed by atoms with Crippen LogP contribution in [0.15, 0.2) is 11.1 Å². The summed E-state index contributed by atoms with van der Waals surface area (Å²) in [5, 5.41) is 2.87. The van der Waals surface area contributed by atoms with Crippen molar-refractivity contribution in [2.75, 3.05) is 20.3 Å². The molecule has 5 fully saturated rings. The number of ether oxygens (including phenoxy) is 6. The van der Waals surface area contributed by atoms with Gasteiger partial charge in [0.05, 0.1) is 19.8 Å². The molecule has 10 heteroatoms. The summed E-state index contributed by atoms with van der Waals surface area (Å²) < 4.78 is 35.8.